The molecule has 0 aromatic heterocycles. The first-order chi connectivity index (χ1) is 14.8. The molecular formula is C23H26N2O6. The SMILES string of the molecule is CCOC(=O)[C@H](Cc1ccccc1)NC(=O)[C@H](C)NC(=O)c1ccc(OC(C)=O)cc1. The largest absolute Gasteiger partial charge is 0.464 e. The number of carbonyl (C=O) groups is 4. The Labute approximate surface area is 180 Å². The van der Waals surface area contributed by atoms with E-state index < -0.39 is 35.8 Å². The molecule has 2 atom stereocenters. The fourth-order valence-corrected chi connectivity index (χ4v) is 2.77. The first-order valence-electron chi connectivity index (χ1n) is 9.90. The molecule has 2 aromatic carbocycles. The number of hydrogen-bond donors (Lipinski definition) is 2. The van der Waals surface area contributed by atoms with Gasteiger partial charge in [-0.15, -0.1) is 0 Å². The number of nitrogens with one attached hydrogen (secondary N) is 2. The highest BCUT2D eigenvalue weighted by Gasteiger charge is 2.25. The number of esters is 2. The van der Waals surface area contributed by atoms with Crippen molar-refractivity contribution in [2.45, 2.75) is 39.3 Å². The Balaban J connectivity index is 1.99. The van der Waals surface area contributed by atoms with E-state index in [-0.39, 0.29) is 13.0 Å². The minimum atomic E-state index is -0.895. The van der Waals surface area contributed by atoms with Gasteiger partial charge in [0.25, 0.3) is 5.91 Å². The monoisotopic (exact) mass is 426 g/mol. The highest BCUT2D eigenvalue weighted by Crippen LogP contribution is 2.12. The highest BCUT2D eigenvalue weighted by molar-refractivity contribution is 5.98. The predicted molar refractivity (Wildman–Crippen MR) is 113 cm³/mol. The number of rotatable bonds is 9. The molecule has 31 heavy (non-hydrogen) atoms. The fraction of sp³-hybridized carbons (Fsp3) is 0.304. The Hall–Kier alpha value is -3.68. The Morgan fingerprint density at radius 3 is 2.16 bits per heavy atom. The molecule has 0 aliphatic carbocycles. The van der Waals surface area contributed by atoms with Gasteiger partial charge in [0, 0.05) is 18.9 Å². The van der Waals surface area contributed by atoms with E-state index >= 15 is 0 Å². The van der Waals surface area contributed by atoms with Crippen LogP contribution >= 0.6 is 0 Å². The van der Waals surface area contributed by atoms with Crippen LogP contribution in [0.5, 0.6) is 5.75 Å². The van der Waals surface area contributed by atoms with Crippen molar-refractivity contribution in [1.29, 1.82) is 0 Å². The summed E-state index contributed by atoms with van der Waals surface area (Å²) >= 11 is 0. The zero-order valence-electron chi connectivity index (χ0n) is 17.7. The van der Waals surface area contributed by atoms with Crippen molar-refractivity contribution < 1.29 is 28.7 Å². The molecule has 0 heterocycles. The van der Waals surface area contributed by atoms with Crippen LogP contribution in [0.4, 0.5) is 0 Å². The summed E-state index contributed by atoms with van der Waals surface area (Å²) in [7, 11) is 0. The van der Waals surface area contributed by atoms with Crippen molar-refractivity contribution >= 4 is 23.8 Å². The maximum atomic E-state index is 12.6. The van der Waals surface area contributed by atoms with Gasteiger partial charge in [0.2, 0.25) is 5.91 Å². The van der Waals surface area contributed by atoms with Crippen LogP contribution in [0.1, 0.15) is 36.7 Å². The molecule has 8 heteroatoms. The molecular weight excluding hydrogens is 400 g/mol. The van der Waals surface area contributed by atoms with Gasteiger partial charge in [-0.1, -0.05) is 30.3 Å². The molecule has 0 saturated carbocycles. The van der Waals surface area contributed by atoms with E-state index in [4.69, 9.17) is 9.47 Å². The molecule has 0 unspecified atom stereocenters. The number of ether oxygens (including phenoxy) is 2. The van der Waals surface area contributed by atoms with Gasteiger partial charge in [-0.05, 0) is 43.7 Å². The normalized spacial score (nSPS) is 12.2. The van der Waals surface area contributed by atoms with Gasteiger partial charge in [-0.25, -0.2) is 4.79 Å². The Morgan fingerprint density at radius 2 is 1.58 bits per heavy atom. The molecule has 0 radical (unpaired) electrons. The van der Waals surface area contributed by atoms with Gasteiger partial charge in [0.15, 0.2) is 0 Å². The lowest BCUT2D eigenvalue weighted by Gasteiger charge is -2.20. The first kappa shape index (κ1) is 23.6. The maximum Gasteiger partial charge on any atom is 0.328 e. The quantitative estimate of drug-likeness (QED) is 0.469. The molecule has 2 rings (SSSR count). The van der Waals surface area contributed by atoms with Crippen molar-refractivity contribution in [2.75, 3.05) is 6.61 Å². The number of benzene rings is 2. The van der Waals surface area contributed by atoms with Gasteiger partial charge in [0.05, 0.1) is 6.61 Å². The molecule has 2 N–H and O–H groups in total. The van der Waals surface area contributed by atoms with Crippen molar-refractivity contribution in [2.24, 2.45) is 0 Å². The third-order valence-electron chi connectivity index (χ3n) is 4.29. The fourth-order valence-electron chi connectivity index (χ4n) is 2.77. The van der Waals surface area contributed by atoms with Gasteiger partial charge in [-0.3, -0.25) is 14.4 Å². The standard InChI is InChI=1S/C23H26N2O6/c1-4-30-23(29)20(14-17-8-6-5-7-9-17)25-21(27)15(2)24-22(28)18-10-12-19(13-11-18)31-16(3)26/h5-13,15,20H,4,14H2,1-3H3,(H,24,28)(H,25,27)/t15-,20-/m0/s1. The molecule has 2 amide bonds. The lowest BCUT2D eigenvalue weighted by atomic mass is 10.1. The molecule has 0 aliphatic heterocycles. The summed E-state index contributed by atoms with van der Waals surface area (Å²) in [5.41, 5.74) is 1.16. The first-order valence-corrected chi connectivity index (χ1v) is 9.90. The lowest BCUT2D eigenvalue weighted by molar-refractivity contribution is -0.147. The smallest absolute Gasteiger partial charge is 0.328 e. The summed E-state index contributed by atoms with van der Waals surface area (Å²) in [5, 5.41) is 5.24. The van der Waals surface area contributed by atoms with Crippen molar-refractivity contribution in [3.63, 3.8) is 0 Å². The third kappa shape index (κ3) is 7.58. The van der Waals surface area contributed by atoms with Gasteiger partial charge in [0.1, 0.15) is 17.8 Å². The van der Waals surface area contributed by atoms with E-state index in [0.29, 0.717) is 11.3 Å². The second-order valence-corrected chi connectivity index (χ2v) is 6.82. The van der Waals surface area contributed by atoms with Gasteiger partial charge < -0.3 is 20.1 Å². The van der Waals surface area contributed by atoms with Crippen molar-refractivity contribution in [3.05, 3.63) is 65.7 Å². The second-order valence-electron chi connectivity index (χ2n) is 6.82. The molecule has 0 bridgehead atoms. The Bertz CT molecular complexity index is 911. The predicted octanol–water partition coefficient (Wildman–Crippen LogP) is 2.02. The van der Waals surface area contributed by atoms with Crippen LogP contribution in [0.25, 0.3) is 0 Å². The van der Waals surface area contributed by atoms with E-state index in [1.807, 2.05) is 30.3 Å². The average Bonchev–Trinajstić information content (AvgIpc) is 2.74. The van der Waals surface area contributed by atoms with Crippen LogP contribution in [0.15, 0.2) is 54.6 Å². The summed E-state index contributed by atoms with van der Waals surface area (Å²) in [4.78, 5) is 48.3. The van der Waals surface area contributed by atoms with Gasteiger partial charge >= 0.3 is 11.9 Å². The zero-order chi connectivity index (χ0) is 22.8. The summed E-state index contributed by atoms with van der Waals surface area (Å²) in [6.45, 7) is 4.68. The van der Waals surface area contributed by atoms with Crippen LogP contribution in [-0.2, 0) is 25.5 Å². The summed E-state index contributed by atoms with van der Waals surface area (Å²) in [6.07, 6.45) is 0.268. The molecule has 2 aromatic rings. The van der Waals surface area contributed by atoms with Crippen LogP contribution in [0.2, 0.25) is 0 Å². The van der Waals surface area contributed by atoms with Crippen molar-refractivity contribution in [3.8, 4) is 5.75 Å². The molecule has 8 nitrogen and oxygen atoms in total. The maximum absolute atomic E-state index is 12.6. The highest BCUT2D eigenvalue weighted by atomic mass is 16.5. The van der Waals surface area contributed by atoms with E-state index in [1.54, 1.807) is 6.92 Å². The molecule has 164 valence electrons. The topological polar surface area (TPSA) is 111 Å². The minimum Gasteiger partial charge on any atom is -0.464 e. The van der Waals surface area contributed by atoms with E-state index in [0.717, 1.165) is 5.56 Å². The van der Waals surface area contributed by atoms with E-state index in [9.17, 15) is 19.2 Å². The molecule has 0 fully saturated rings. The number of carbonyl (C=O) groups excluding carboxylic acids is 4. The summed E-state index contributed by atoms with van der Waals surface area (Å²) in [6, 6.07) is 13.4. The van der Waals surface area contributed by atoms with E-state index in [2.05, 4.69) is 10.6 Å². The van der Waals surface area contributed by atoms with Crippen LogP contribution in [0.3, 0.4) is 0 Å². The Kier molecular flexibility index (Phi) is 8.75. The summed E-state index contributed by atoms with van der Waals surface area (Å²) in [5.74, 6) is -1.69. The minimum absolute atomic E-state index is 0.190. The van der Waals surface area contributed by atoms with Crippen LogP contribution < -0.4 is 15.4 Å². The van der Waals surface area contributed by atoms with Crippen LogP contribution in [-0.4, -0.2) is 42.4 Å². The zero-order valence-corrected chi connectivity index (χ0v) is 17.7. The lowest BCUT2D eigenvalue weighted by Crippen LogP contribution is -2.51. The van der Waals surface area contributed by atoms with E-state index in [1.165, 1.54) is 38.1 Å². The average molecular weight is 426 g/mol. The number of amides is 2. The number of hydrogen-bond acceptors (Lipinski definition) is 6. The van der Waals surface area contributed by atoms with Gasteiger partial charge in [-0.2, -0.15) is 0 Å². The molecule has 0 aliphatic rings. The molecule has 0 spiro atoms. The van der Waals surface area contributed by atoms with Crippen molar-refractivity contribution in [1.82, 2.24) is 10.6 Å². The summed E-state index contributed by atoms with van der Waals surface area (Å²) < 4.78 is 9.99. The third-order valence-corrected chi connectivity index (χ3v) is 4.29. The Morgan fingerprint density at radius 1 is 0.935 bits per heavy atom. The van der Waals surface area contributed by atoms with Crippen LogP contribution in [0, 0.1) is 0 Å². The molecule has 0 saturated heterocycles. The second kappa shape index (κ2) is 11.5.